The molecule has 6 heteroatoms. The number of anilines is 1. The Balaban J connectivity index is 0.000000438. The molecule has 1 aliphatic rings. The van der Waals surface area contributed by atoms with Gasteiger partial charge in [0.05, 0.1) is 6.54 Å². The number of fused-ring (bicyclic) bond motifs is 1. The fraction of sp³-hybridized carbons (Fsp3) is 0.500. The minimum Gasteiger partial charge on any atom is -0.325 e. The number of carbonyl (C=O) groups is 1. The predicted molar refractivity (Wildman–Crippen MR) is 90.2 cm³/mol. The van der Waals surface area contributed by atoms with Crippen molar-refractivity contribution in [3.05, 3.63) is 29.6 Å². The molecule has 0 radical (unpaired) electrons. The summed E-state index contributed by atoms with van der Waals surface area (Å²) in [6.45, 7) is 5.15. The van der Waals surface area contributed by atoms with E-state index in [-0.39, 0.29) is 18.3 Å². The molecular formula is C14H23FN2OS2. The second kappa shape index (κ2) is 12.1. The van der Waals surface area contributed by atoms with Gasteiger partial charge in [0.1, 0.15) is 5.82 Å². The molecule has 1 aromatic rings. The molecule has 3 nitrogen and oxygen atoms in total. The number of hydrogen-bond acceptors (Lipinski definition) is 4. The molecule has 1 amide bonds. The summed E-state index contributed by atoms with van der Waals surface area (Å²) in [6, 6.07) is 4.34. The van der Waals surface area contributed by atoms with Gasteiger partial charge in [-0.2, -0.15) is 25.3 Å². The van der Waals surface area contributed by atoms with Crippen molar-refractivity contribution < 1.29 is 9.18 Å². The summed E-state index contributed by atoms with van der Waals surface area (Å²) in [5.41, 5.74) is 1.47. The normalized spacial score (nSPS) is 12.8. The third-order valence-electron chi connectivity index (χ3n) is 2.44. The number of hydrogen-bond donors (Lipinski definition) is 4. The molecule has 0 bridgehead atoms. The van der Waals surface area contributed by atoms with Crippen molar-refractivity contribution in [1.29, 1.82) is 0 Å². The molecule has 0 fully saturated rings. The van der Waals surface area contributed by atoms with Crippen LogP contribution < -0.4 is 10.6 Å². The molecule has 0 aliphatic carbocycles. The van der Waals surface area contributed by atoms with Crippen LogP contribution in [0.1, 0.15) is 32.3 Å². The van der Waals surface area contributed by atoms with Crippen molar-refractivity contribution in [2.75, 3.05) is 16.9 Å². The Morgan fingerprint density at radius 3 is 2.35 bits per heavy atom. The first-order chi connectivity index (χ1) is 9.58. The van der Waals surface area contributed by atoms with Gasteiger partial charge in [-0.15, -0.1) is 0 Å². The number of thiol groups is 2. The zero-order valence-corrected chi connectivity index (χ0v) is 13.7. The van der Waals surface area contributed by atoms with Crippen molar-refractivity contribution in [2.24, 2.45) is 0 Å². The van der Waals surface area contributed by atoms with Crippen LogP contribution in [-0.2, 0) is 11.3 Å². The van der Waals surface area contributed by atoms with Gasteiger partial charge in [0.15, 0.2) is 0 Å². The van der Waals surface area contributed by atoms with Gasteiger partial charge in [0, 0.05) is 17.3 Å². The van der Waals surface area contributed by atoms with Gasteiger partial charge in [-0.1, -0.05) is 26.7 Å². The van der Waals surface area contributed by atoms with Gasteiger partial charge in [-0.25, -0.2) is 4.39 Å². The molecule has 0 saturated heterocycles. The van der Waals surface area contributed by atoms with E-state index in [1.54, 1.807) is 6.07 Å². The summed E-state index contributed by atoms with van der Waals surface area (Å²) in [5, 5.41) is 6.22. The van der Waals surface area contributed by atoms with Gasteiger partial charge in [-0.05, 0) is 23.8 Å². The fourth-order valence-electron chi connectivity index (χ4n) is 1.34. The van der Waals surface area contributed by atoms with Crippen LogP contribution >= 0.6 is 25.3 Å². The second-order valence-corrected chi connectivity index (χ2v) is 5.23. The molecule has 0 atom stereocenters. The minimum absolute atomic E-state index is 0.0923. The number of nitrogens with one attached hydrogen (secondary N) is 2. The van der Waals surface area contributed by atoms with E-state index >= 15 is 0 Å². The highest BCUT2D eigenvalue weighted by molar-refractivity contribution is 7.98. The van der Waals surface area contributed by atoms with E-state index in [1.165, 1.54) is 25.0 Å². The molecule has 2 N–H and O–H groups in total. The van der Waals surface area contributed by atoms with Crippen molar-refractivity contribution in [3.8, 4) is 0 Å². The van der Waals surface area contributed by atoms with Crippen LogP contribution in [-0.4, -0.2) is 17.5 Å². The van der Waals surface area contributed by atoms with Crippen molar-refractivity contribution in [3.63, 3.8) is 0 Å². The zero-order valence-electron chi connectivity index (χ0n) is 11.9. The monoisotopic (exact) mass is 318 g/mol. The predicted octanol–water partition coefficient (Wildman–Crippen LogP) is 3.48. The van der Waals surface area contributed by atoms with Crippen LogP contribution in [0.2, 0.25) is 0 Å². The Kier molecular flexibility index (Phi) is 11.6. The number of unbranched alkanes of at least 4 members (excludes halogenated alkanes) is 1. The average Bonchev–Trinajstić information content (AvgIpc) is 2.60. The summed E-state index contributed by atoms with van der Waals surface area (Å²) in [6.07, 6.45) is 2.64. The number of halogens is 1. The van der Waals surface area contributed by atoms with Crippen LogP contribution in [0.25, 0.3) is 0 Å². The summed E-state index contributed by atoms with van der Waals surface area (Å²) in [7, 11) is 0. The second-order valence-electron chi connectivity index (χ2n) is 4.09. The molecule has 1 aromatic carbocycles. The lowest BCUT2D eigenvalue weighted by molar-refractivity contribution is -0.115. The third kappa shape index (κ3) is 8.45. The Hall–Kier alpha value is -0.720. The van der Waals surface area contributed by atoms with Crippen LogP contribution in [0.15, 0.2) is 18.2 Å². The Morgan fingerprint density at radius 1 is 1.20 bits per heavy atom. The average molecular weight is 318 g/mol. The summed E-state index contributed by atoms with van der Waals surface area (Å²) < 4.78 is 12.8. The lowest BCUT2D eigenvalue weighted by Gasteiger charge is -2.04. The SMILES string of the molecule is CCCC.O=C1CNCc2cc(F)ccc2N1.SCS. The first-order valence-corrected chi connectivity index (χ1v) is 7.86. The molecule has 2 rings (SSSR count). The Labute approximate surface area is 131 Å². The topological polar surface area (TPSA) is 41.1 Å². The standard InChI is InChI=1S/C9H9FN2O.C4H10.CH4S2/c10-7-1-2-8-6(3-7)4-11-5-9(13)12-8;1-3-4-2;2-1-3/h1-3,11H,4-5H2,(H,12,13);3-4H2,1-2H3;2-3H,1H2. The van der Waals surface area contributed by atoms with Crippen molar-refractivity contribution in [2.45, 2.75) is 33.2 Å². The molecule has 0 saturated carbocycles. The maximum absolute atomic E-state index is 12.8. The first kappa shape index (κ1) is 19.3. The highest BCUT2D eigenvalue weighted by Gasteiger charge is 2.11. The van der Waals surface area contributed by atoms with Gasteiger partial charge in [-0.3, -0.25) is 4.79 Å². The van der Waals surface area contributed by atoms with Crippen LogP contribution in [0.3, 0.4) is 0 Å². The zero-order chi connectivity index (χ0) is 15.4. The highest BCUT2D eigenvalue weighted by atomic mass is 32.2. The molecule has 1 aliphatic heterocycles. The van der Waals surface area contributed by atoms with Crippen LogP contribution in [0.5, 0.6) is 0 Å². The van der Waals surface area contributed by atoms with E-state index < -0.39 is 0 Å². The lowest BCUT2D eigenvalue weighted by Crippen LogP contribution is -2.23. The minimum atomic E-state index is -0.281. The summed E-state index contributed by atoms with van der Waals surface area (Å²) in [4.78, 5) is 11.1. The maximum atomic E-state index is 12.8. The van der Waals surface area contributed by atoms with E-state index in [9.17, 15) is 9.18 Å². The van der Waals surface area contributed by atoms with Gasteiger partial charge in [0.2, 0.25) is 5.91 Å². The van der Waals surface area contributed by atoms with Crippen molar-refractivity contribution >= 4 is 36.9 Å². The van der Waals surface area contributed by atoms with E-state index in [1.807, 2.05) is 0 Å². The van der Waals surface area contributed by atoms with E-state index in [0.717, 1.165) is 5.56 Å². The summed E-state index contributed by atoms with van der Waals surface area (Å²) >= 11 is 7.31. The molecule has 1 heterocycles. The van der Waals surface area contributed by atoms with Gasteiger partial charge in [0.25, 0.3) is 0 Å². The number of carbonyl (C=O) groups excluding carboxylic acids is 1. The van der Waals surface area contributed by atoms with Crippen LogP contribution in [0, 0.1) is 5.82 Å². The van der Waals surface area contributed by atoms with Gasteiger partial charge >= 0.3 is 0 Å². The van der Waals surface area contributed by atoms with Crippen LogP contribution in [0.4, 0.5) is 10.1 Å². The number of amides is 1. The number of benzene rings is 1. The molecule has 0 spiro atoms. The Morgan fingerprint density at radius 2 is 1.80 bits per heavy atom. The smallest absolute Gasteiger partial charge is 0.238 e. The maximum Gasteiger partial charge on any atom is 0.238 e. The van der Waals surface area contributed by atoms with E-state index in [0.29, 0.717) is 17.3 Å². The molecule has 114 valence electrons. The van der Waals surface area contributed by atoms with Crippen molar-refractivity contribution in [1.82, 2.24) is 5.32 Å². The quantitative estimate of drug-likeness (QED) is 0.473. The molecule has 20 heavy (non-hydrogen) atoms. The summed E-state index contributed by atoms with van der Waals surface area (Å²) in [5.74, 6) is -0.373. The highest BCUT2D eigenvalue weighted by Crippen LogP contribution is 2.18. The largest absolute Gasteiger partial charge is 0.325 e. The Bertz CT molecular complexity index is 401. The van der Waals surface area contributed by atoms with Gasteiger partial charge < -0.3 is 10.6 Å². The number of rotatable bonds is 1. The van der Waals surface area contributed by atoms with E-state index in [4.69, 9.17) is 0 Å². The first-order valence-electron chi connectivity index (χ1n) is 6.59. The molecule has 0 unspecified atom stereocenters. The molecular weight excluding hydrogens is 295 g/mol. The lowest BCUT2D eigenvalue weighted by atomic mass is 10.2. The fourth-order valence-corrected chi connectivity index (χ4v) is 1.34. The molecule has 0 aromatic heterocycles. The van der Waals surface area contributed by atoms with E-state index in [2.05, 4.69) is 49.7 Å². The third-order valence-corrected chi connectivity index (χ3v) is 2.44.